The van der Waals surface area contributed by atoms with E-state index in [2.05, 4.69) is 0 Å². The van der Waals surface area contributed by atoms with Gasteiger partial charge in [0.05, 0.1) is 4.92 Å². The van der Waals surface area contributed by atoms with Crippen LogP contribution in [0.5, 0.6) is 0 Å². The van der Waals surface area contributed by atoms with Crippen molar-refractivity contribution in [1.29, 1.82) is 0 Å². The van der Waals surface area contributed by atoms with E-state index in [-0.39, 0.29) is 12.0 Å². The zero-order valence-electron chi connectivity index (χ0n) is 8.85. The maximum Gasteiger partial charge on any atom is 0.298 e. The van der Waals surface area contributed by atoms with E-state index in [4.69, 9.17) is 5.11 Å². The largest absolute Gasteiger partial charge is 0.396 e. The molecule has 0 aromatic rings. The molecule has 0 spiro atoms. The molecule has 1 aliphatic carbocycles. The summed E-state index contributed by atoms with van der Waals surface area (Å²) in [5, 5.41) is 30.2. The molecule has 0 radical (unpaired) electrons. The average Bonchev–Trinajstić information content (AvgIpc) is 2.27. The van der Waals surface area contributed by atoms with Crippen molar-refractivity contribution < 1.29 is 23.4 Å². The number of hydrogen-bond acceptors (Lipinski definition) is 7. The van der Waals surface area contributed by atoms with Crippen molar-refractivity contribution in [2.45, 2.75) is 12.5 Å². The molecule has 0 aromatic carbocycles. The first-order valence-corrected chi connectivity index (χ1v) is 5.74. The third kappa shape index (κ3) is 2.60. The van der Waals surface area contributed by atoms with Gasteiger partial charge >= 0.3 is 0 Å². The van der Waals surface area contributed by atoms with Gasteiger partial charge in [0.25, 0.3) is 11.7 Å². The lowest BCUT2D eigenvalue weighted by Crippen LogP contribution is -2.35. The lowest BCUT2D eigenvalue weighted by molar-refractivity contribution is -0.492. The molecule has 9 nitrogen and oxygen atoms in total. The number of aliphatic hydroxyl groups excluding tert-OH is 1. The number of nitrogens with zero attached hydrogens (tertiary/aromatic N) is 2. The smallest absolute Gasteiger partial charge is 0.298 e. The summed E-state index contributed by atoms with van der Waals surface area (Å²) < 4.78 is 21.9. The summed E-state index contributed by atoms with van der Waals surface area (Å²) in [6.45, 7) is -0.432. The highest BCUT2D eigenvalue weighted by atomic mass is 32.2. The first-order chi connectivity index (χ1) is 8.40. The standard InChI is InChI=1S/C8H8N2O7S/c11-4-3-5-1-2-6(9(12)13)8(18(16)17)7(5)10(14)15/h1-2,6,11H,3-4H2. The van der Waals surface area contributed by atoms with Crippen molar-refractivity contribution in [1.82, 2.24) is 0 Å². The maximum atomic E-state index is 11.0. The van der Waals surface area contributed by atoms with Crippen molar-refractivity contribution in [3.8, 4) is 0 Å². The Morgan fingerprint density at radius 1 is 1.33 bits per heavy atom. The van der Waals surface area contributed by atoms with Crippen LogP contribution in [0.1, 0.15) is 6.42 Å². The molecule has 10 heteroatoms. The fourth-order valence-electron chi connectivity index (χ4n) is 1.54. The Morgan fingerprint density at radius 3 is 2.33 bits per heavy atom. The lowest BCUT2D eigenvalue weighted by atomic mass is 9.98. The van der Waals surface area contributed by atoms with Gasteiger partial charge in [-0.3, -0.25) is 20.2 Å². The molecule has 0 saturated carbocycles. The van der Waals surface area contributed by atoms with Gasteiger partial charge in [0.1, 0.15) is 0 Å². The summed E-state index contributed by atoms with van der Waals surface area (Å²) in [4.78, 5) is 18.7. The molecular formula is C8H8N2O7S. The van der Waals surface area contributed by atoms with E-state index in [1.165, 1.54) is 0 Å². The van der Waals surface area contributed by atoms with E-state index in [9.17, 15) is 28.6 Å². The molecule has 1 atom stereocenters. The van der Waals surface area contributed by atoms with Gasteiger partial charge in [-0.2, -0.15) is 8.42 Å². The van der Waals surface area contributed by atoms with Crippen LogP contribution in [0.15, 0.2) is 23.4 Å². The molecule has 18 heavy (non-hydrogen) atoms. The number of hydrogen-bond donors (Lipinski definition) is 1. The van der Waals surface area contributed by atoms with Crippen LogP contribution in [0, 0.1) is 20.2 Å². The van der Waals surface area contributed by atoms with Crippen molar-refractivity contribution in [2.75, 3.05) is 6.61 Å². The molecule has 1 aliphatic rings. The predicted octanol–water partition coefficient (Wildman–Crippen LogP) is -0.834. The number of nitro groups is 2. The van der Waals surface area contributed by atoms with Crippen molar-refractivity contribution in [3.05, 3.63) is 43.7 Å². The average molecular weight is 276 g/mol. The number of aliphatic hydroxyl groups is 1. The van der Waals surface area contributed by atoms with E-state index < -0.39 is 43.4 Å². The minimum absolute atomic E-state index is 0.0557. The Morgan fingerprint density at radius 2 is 1.94 bits per heavy atom. The van der Waals surface area contributed by atoms with E-state index in [0.717, 1.165) is 12.2 Å². The van der Waals surface area contributed by atoms with Gasteiger partial charge in [-0.15, -0.1) is 0 Å². The maximum absolute atomic E-state index is 11.0. The number of rotatable bonds is 4. The molecule has 0 fully saturated rings. The Balaban J connectivity index is 3.54. The molecule has 1 N–H and O–H groups in total. The normalized spacial score (nSPS) is 18.9. The summed E-state index contributed by atoms with van der Waals surface area (Å²) in [5.74, 6) is 0. The van der Waals surface area contributed by atoms with Gasteiger partial charge in [-0.1, -0.05) is 0 Å². The van der Waals surface area contributed by atoms with E-state index in [1.54, 1.807) is 0 Å². The molecule has 0 amide bonds. The highest BCUT2D eigenvalue weighted by Crippen LogP contribution is 2.21. The highest BCUT2D eigenvalue weighted by molar-refractivity contribution is 7.73. The topological polar surface area (TPSA) is 141 Å². The summed E-state index contributed by atoms with van der Waals surface area (Å²) in [5.41, 5.74) is -0.888. The fourth-order valence-corrected chi connectivity index (χ4v) is 2.27. The lowest BCUT2D eigenvalue weighted by Gasteiger charge is -2.11. The minimum Gasteiger partial charge on any atom is -0.396 e. The molecule has 0 saturated heterocycles. The first-order valence-electron chi connectivity index (χ1n) is 4.66. The Bertz CT molecular complexity index is 579. The van der Waals surface area contributed by atoms with E-state index >= 15 is 0 Å². The van der Waals surface area contributed by atoms with Gasteiger partial charge in [-0.05, 0) is 12.2 Å². The zero-order valence-corrected chi connectivity index (χ0v) is 9.66. The monoisotopic (exact) mass is 276 g/mol. The van der Waals surface area contributed by atoms with Crippen LogP contribution in [-0.4, -0.2) is 40.9 Å². The SMILES string of the molecule is O=[N+]([O-])C1=C(CCO)C=CC([N+](=O)[O-])C1=S(=O)=O. The second-order valence-electron chi connectivity index (χ2n) is 3.29. The van der Waals surface area contributed by atoms with E-state index in [0.29, 0.717) is 0 Å². The molecule has 1 unspecified atom stereocenters. The van der Waals surface area contributed by atoms with Crippen LogP contribution in [0.4, 0.5) is 0 Å². The summed E-state index contributed by atoms with van der Waals surface area (Å²) >= 11 is 0. The molecular weight excluding hydrogens is 268 g/mol. The van der Waals surface area contributed by atoms with Crippen LogP contribution in [0.2, 0.25) is 0 Å². The van der Waals surface area contributed by atoms with Crippen molar-refractivity contribution in [3.63, 3.8) is 0 Å². The van der Waals surface area contributed by atoms with Gasteiger partial charge in [0.15, 0.2) is 0 Å². The Kier molecular flexibility index (Phi) is 4.28. The van der Waals surface area contributed by atoms with Gasteiger partial charge in [-0.25, -0.2) is 0 Å². The van der Waals surface area contributed by atoms with Crippen LogP contribution < -0.4 is 0 Å². The van der Waals surface area contributed by atoms with Crippen molar-refractivity contribution >= 4 is 15.2 Å². The van der Waals surface area contributed by atoms with Crippen LogP contribution in [0.3, 0.4) is 0 Å². The number of allylic oxidation sites excluding steroid dienone is 1. The Hall–Kier alpha value is -2.07. The molecule has 0 bridgehead atoms. The van der Waals surface area contributed by atoms with Gasteiger partial charge in [0.2, 0.25) is 15.2 Å². The third-order valence-electron chi connectivity index (χ3n) is 2.26. The quantitative estimate of drug-likeness (QED) is 0.401. The van der Waals surface area contributed by atoms with Crippen LogP contribution in [0.25, 0.3) is 0 Å². The highest BCUT2D eigenvalue weighted by Gasteiger charge is 2.40. The summed E-state index contributed by atoms with van der Waals surface area (Å²) in [6.07, 6.45) is 1.89. The van der Waals surface area contributed by atoms with E-state index in [1.807, 2.05) is 0 Å². The van der Waals surface area contributed by atoms with Crippen molar-refractivity contribution in [2.24, 2.45) is 0 Å². The molecule has 0 aliphatic heterocycles. The summed E-state index contributed by atoms with van der Waals surface area (Å²) in [6, 6.07) is -1.77. The Labute approximate surface area is 102 Å². The molecule has 0 aromatic heterocycles. The van der Waals surface area contributed by atoms with Gasteiger partial charge in [0, 0.05) is 23.5 Å². The first kappa shape index (κ1) is 14.0. The molecule has 0 heterocycles. The predicted molar refractivity (Wildman–Crippen MR) is 59.6 cm³/mol. The van der Waals surface area contributed by atoms with Gasteiger partial charge < -0.3 is 5.11 Å². The zero-order chi connectivity index (χ0) is 13.9. The molecule has 1 rings (SSSR count). The minimum atomic E-state index is -3.09. The second-order valence-corrected chi connectivity index (χ2v) is 4.20. The van der Waals surface area contributed by atoms with Crippen LogP contribution >= 0.6 is 0 Å². The fraction of sp³-hybridized carbons (Fsp3) is 0.375. The third-order valence-corrected chi connectivity index (χ3v) is 3.05. The van der Waals surface area contributed by atoms with Crippen LogP contribution in [-0.2, 0) is 10.3 Å². The second kappa shape index (κ2) is 5.51. The summed E-state index contributed by atoms with van der Waals surface area (Å²) in [7, 11) is -3.09. The molecule has 98 valence electrons.